The van der Waals surface area contributed by atoms with Crippen molar-refractivity contribution in [2.75, 3.05) is 33.2 Å². The molecule has 0 radical (unpaired) electrons. The number of carbonyl (C=O) groups is 1. The van der Waals surface area contributed by atoms with Crippen molar-refractivity contribution in [2.45, 2.75) is 38.5 Å². The van der Waals surface area contributed by atoms with E-state index in [1.54, 1.807) is 6.20 Å². The predicted molar refractivity (Wildman–Crippen MR) is 114 cm³/mol. The van der Waals surface area contributed by atoms with Crippen molar-refractivity contribution in [1.82, 2.24) is 14.8 Å². The van der Waals surface area contributed by atoms with Gasteiger partial charge in [-0.1, -0.05) is 19.1 Å². The topological polar surface area (TPSA) is 60.2 Å². The monoisotopic (exact) mass is 390 g/mol. The highest BCUT2D eigenvalue weighted by Gasteiger charge is 2.31. The lowest BCUT2D eigenvalue weighted by Crippen LogP contribution is -2.43. The standard InChI is InChI=1S/C24H30N4O/c1-17-12-20(21-6-5-19(14-25)24-22(21)4-3-9-26-24)16-28(15-17)23(29)13-18-7-10-27(2)11-8-18/h3-6,9,17-18,20H,7-8,10-13,15-16H2,1-2H3/t17-,20-/m1/s1. The molecule has 0 bridgehead atoms. The Morgan fingerprint density at radius 2 is 2.03 bits per heavy atom. The maximum absolute atomic E-state index is 13.1. The van der Waals surface area contributed by atoms with E-state index in [0.29, 0.717) is 35.6 Å². The van der Waals surface area contributed by atoms with E-state index in [0.717, 1.165) is 56.3 Å². The molecule has 0 saturated carbocycles. The van der Waals surface area contributed by atoms with E-state index < -0.39 is 0 Å². The summed E-state index contributed by atoms with van der Waals surface area (Å²) in [6.07, 6.45) is 5.74. The average molecular weight is 391 g/mol. The lowest BCUT2D eigenvalue weighted by molar-refractivity contribution is -0.134. The molecular weight excluding hydrogens is 360 g/mol. The van der Waals surface area contributed by atoms with Crippen LogP contribution >= 0.6 is 0 Å². The summed E-state index contributed by atoms with van der Waals surface area (Å²) in [6.45, 7) is 6.06. The van der Waals surface area contributed by atoms with Crippen LogP contribution in [-0.2, 0) is 4.79 Å². The number of benzene rings is 1. The predicted octanol–water partition coefficient (Wildman–Crippen LogP) is 3.79. The van der Waals surface area contributed by atoms with Gasteiger partial charge in [0.05, 0.1) is 11.1 Å². The van der Waals surface area contributed by atoms with Crippen molar-refractivity contribution in [3.63, 3.8) is 0 Å². The second kappa shape index (κ2) is 8.51. The number of piperidine rings is 2. The van der Waals surface area contributed by atoms with Gasteiger partial charge in [-0.05, 0) is 68.9 Å². The van der Waals surface area contributed by atoms with Crippen LogP contribution in [0.3, 0.4) is 0 Å². The van der Waals surface area contributed by atoms with Crippen LogP contribution in [0.15, 0.2) is 30.5 Å². The van der Waals surface area contributed by atoms with E-state index in [1.165, 1.54) is 5.56 Å². The summed E-state index contributed by atoms with van der Waals surface area (Å²) in [5.74, 6) is 1.60. The van der Waals surface area contributed by atoms with Crippen molar-refractivity contribution < 1.29 is 4.79 Å². The Kier molecular flexibility index (Phi) is 5.82. The molecule has 152 valence electrons. The first kappa shape index (κ1) is 19.8. The maximum atomic E-state index is 13.1. The fourth-order valence-electron chi connectivity index (χ4n) is 5.06. The van der Waals surface area contributed by atoms with Crippen LogP contribution < -0.4 is 0 Å². The molecule has 2 aliphatic rings. The van der Waals surface area contributed by atoms with E-state index in [1.807, 2.05) is 12.1 Å². The quantitative estimate of drug-likeness (QED) is 0.800. The highest BCUT2D eigenvalue weighted by atomic mass is 16.2. The van der Waals surface area contributed by atoms with E-state index in [2.05, 4.69) is 47.0 Å². The van der Waals surface area contributed by atoms with Gasteiger partial charge in [-0.25, -0.2) is 0 Å². The van der Waals surface area contributed by atoms with Gasteiger partial charge in [0, 0.05) is 37.0 Å². The number of hydrogen-bond acceptors (Lipinski definition) is 4. The molecule has 4 rings (SSSR count). The van der Waals surface area contributed by atoms with Gasteiger partial charge >= 0.3 is 0 Å². The number of carbonyl (C=O) groups excluding carboxylic acids is 1. The number of likely N-dealkylation sites (tertiary alicyclic amines) is 2. The Morgan fingerprint density at radius 3 is 2.79 bits per heavy atom. The van der Waals surface area contributed by atoms with Gasteiger partial charge in [0.1, 0.15) is 6.07 Å². The Bertz CT molecular complexity index is 926. The zero-order chi connectivity index (χ0) is 20.4. The summed E-state index contributed by atoms with van der Waals surface area (Å²) in [6, 6.07) is 10.2. The van der Waals surface area contributed by atoms with Gasteiger partial charge in [-0.2, -0.15) is 5.26 Å². The third kappa shape index (κ3) is 4.28. The molecule has 5 heteroatoms. The fourth-order valence-corrected chi connectivity index (χ4v) is 5.06. The van der Waals surface area contributed by atoms with Crippen molar-refractivity contribution >= 4 is 16.8 Å². The van der Waals surface area contributed by atoms with Crippen molar-refractivity contribution in [3.05, 3.63) is 41.6 Å². The maximum Gasteiger partial charge on any atom is 0.222 e. The molecule has 2 saturated heterocycles. The third-order valence-electron chi connectivity index (χ3n) is 6.68. The number of fused-ring (bicyclic) bond motifs is 1. The molecular formula is C24H30N4O. The van der Waals surface area contributed by atoms with Gasteiger partial charge in [-0.15, -0.1) is 0 Å². The lowest BCUT2D eigenvalue weighted by atomic mass is 9.83. The van der Waals surface area contributed by atoms with Gasteiger partial charge in [0.2, 0.25) is 5.91 Å². The Balaban J connectivity index is 1.53. The van der Waals surface area contributed by atoms with Crippen LogP contribution in [0.25, 0.3) is 10.9 Å². The minimum absolute atomic E-state index is 0.291. The van der Waals surface area contributed by atoms with E-state index in [4.69, 9.17) is 0 Å². The van der Waals surface area contributed by atoms with Crippen LogP contribution in [-0.4, -0.2) is 53.9 Å². The minimum Gasteiger partial charge on any atom is -0.342 e. The van der Waals surface area contributed by atoms with E-state index >= 15 is 0 Å². The molecule has 5 nitrogen and oxygen atoms in total. The van der Waals surface area contributed by atoms with Crippen LogP contribution in [0.5, 0.6) is 0 Å². The van der Waals surface area contributed by atoms with Crippen LogP contribution in [0.1, 0.15) is 49.7 Å². The Labute approximate surface area is 173 Å². The first-order chi connectivity index (χ1) is 14.0. The summed E-state index contributed by atoms with van der Waals surface area (Å²) in [4.78, 5) is 22.0. The molecule has 2 fully saturated rings. The summed E-state index contributed by atoms with van der Waals surface area (Å²) >= 11 is 0. The van der Waals surface area contributed by atoms with Gasteiger partial charge in [0.15, 0.2) is 0 Å². The molecule has 2 aliphatic heterocycles. The highest BCUT2D eigenvalue weighted by Crippen LogP contribution is 2.35. The lowest BCUT2D eigenvalue weighted by Gasteiger charge is -2.38. The molecule has 2 atom stereocenters. The second-order valence-corrected chi connectivity index (χ2v) is 9.00. The van der Waals surface area contributed by atoms with Crippen molar-refractivity contribution in [2.24, 2.45) is 11.8 Å². The summed E-state index contributed by atoms with van der Waals surface area (Å²) in [5, 5.41) is 10.5. The SMILES string of the molecule is C[C@@H]1C[C@@H](c2ccc(C#N)c3ncccc23)CN(C(=O)CC2CCN(C)CC2)C1. The number of nitrogens with zero attached hydrogens (tertiary/aromatic N) is 4. The molecule has 29 heavy (non-hydrogen) atoms. The van der Waals surface area contributed by atoms with E-state index in [-0.39, 0.29) is 0 Å². The first-order valence-electron chi connectivity index (χ1n) is 10.8. The van der Waals surface area contributed by atoms with Crippen molar-refractivity contribution in [1.29, 1.82) is 5.26 Å². The first-order valence-corrected chi connectivity index (χ1v) is 10.8. The minimum atomic E-state index is 0.291. The molecule has 0 aliphatic carbocycles. The Morgan fingerprint density at radius 1 is 1.24 bits per heavy atom. The molecule has 1 aromatic carbocycles. The second-order valence-electron chi connectivity index (χ2n) is 9.00. The Hall–Kier alpha value is -2.45. The third-order valence-corrected chi connectivity index (χ3v) is 6.68. The number of rotatable bonds is 3. The number of hydrogen-bond donors (Lipinski definition) is 0. The zero-order valence-electron chi connectivity index (χ0n) is 17.5. The molecule has 0 N–H and O–H groups in total. The number of aromatic nitrogens is 1. The van der Waals surface area contributed by atoms with Gasteiger partial charge < -0.3 is 9.80 Å². The number of amides is 1. The average Bonchev–Trinajstić information content (AvgIpc) is 2.74. The van der Waals surface area contributed by atoms with E-state index in [9.17, 15) is 10.1 Å². The molecule has 1 aromatic heterocycles. The summed E-state index contributed by atoms with van der Waals surface area (Å²) < 4.78 is 0. The fraction of sp³-hybridized carbons (Fsp3) is 0.542. The van der Waals surface area contributed by atoms with Crippen molar-refractivity contribution in [3.8, 4) is 6.07 Å². The normalized spacial score (nSPS) is 23.8. The molecule has 2 aromatic rings. The number of pyridine rings is 1. The smallest absolute Gasteiger partial charge is 0.222 e. The molecule has 3 heterocycles. The molecule has 1 amide bonds. The summed E-state index contributed by atoms with van der Waals surface area (Å²) in [5.41, 5.74) is 2.61. The van der Waals surface area contributed by atoms with Crippen LogP contribution in [0, 0.1) is 23.2 Å². The summed E-state index contributed by atoms with van der Waals surface area (Å²) in [7, 11) is 2.16. The van der Waals surface area contributed by atoms with Crippen LogP contribution in [0.2, 0.25) is 0 Å². The zero-order valence-corrected chi connectivity index (χ0v) is 17.5. The molecule has 0 unspecified atom stereocenters. The highest BCUT2D eigenvalue weighted by molar-refractivity contribution is 5.87. The largest absolute Gasteiger partial charge is 0.342 e. The number of nitriles is 1. The van der Waals surface area contributed by atoms with Gasteiger partial charge in [-0.3, -0.25) is 9.78 Å². The van der Waals surface area contributed by atoms with Crippen LogP contribution in [0.4, 0.5) is 0 Å². The molecule has 0 spiro atoms. The van der Waals surface area contributed by atoms with Gasteiger partial charge in [0.25, 0.3) is 0 Å².